The average Bonchev–Trinajstić information content (AvgIpc) is 2.30. The summed E-state index contributed by atoms with van der Waals surface area (Å²) in [5, 5.41) is 0. The van der Waals surface area contributed by atoms with E-state index in [0.29, 0.717) is 5.69 Å². The standard InChI is InChI=1S/C8H10N2O/c1-4-6-7(5(2)3)10-8(11)9-6/h4H,1-2H2,3H3,(H2,9,10,11). The van der Waals surface area contributed by atoms with Crippen LogP contribution < -0.4 is 5.69 Å². The zero-order chi connectivity index (χ0) is 8.43. The zero-order valence-electron chi connectivity index (χ0n) is 6.40. The van der Waals surface area contributed by atoms with Crippen LogP contribution in [0.3, 0.4) is 0 Å². The monoisotopic (exact) mass is 150 g/mol. The van der Waals surface area contributed by atoms with Gasteiger partial charge in [0.2, 0.25) is 0 Å². The normalized spacial score (nSPS) is 9.55. The summed E-state index contributed by atoms with van der Waals surface area (Å²) in [7, 11) is 0. The first-order chi connectivity index (χ1) is 5.15. The van der Waals surface area contributed by atoms with E-state index in [1.165, 1.54) is 0 Å². The molecule has 0 unspecified atom stereocenters. The van der Waals surface area contributed by atoms with Gasteiger partial charge in [-0.25, -0.2) is 4.79 Å². The first-order valence-electron chi connectivity index (χ1n) is 3.25. The van der Waals surface area contributed by atoms with Gasteiger partial charge < -0.3 is 9.97 Å². The topological polar surface area (TPSA) is 48.6 Å². The Morgan fingerprint density at radius 1 is 1.55 bits per heavy atom. The van der Waals surface area contributed by atoms with E-state index >= 15 is 0 Å². The molecule has 0 aliphatic rings. The molecule has 1 heterocycles. The molecule has 2 N–H and O–H groups in total. The van der Waals surface area contributed by atoms with Gasteiger partial charge >= 0.3 is 5.69 Å². The van der Waals surface area contributed by atoms with Gasteiger partial charge in [0, 0.05) is 0 Å². The maximum absolute atomic E-state index is 10.8. The van der Waals surface area contributed by atoms with Crippen LogP contribution in [0.25, 0.3) is 11.6 Å². The summed E-state index contributed by atoms with van der Waals surface area (Å²) >= 11 is 0. The third-order valence-electron chi connectivity index (χ3n) is 1.39. The molecule has 1 rings (SSSR count). The van der Waals surface area contributed by atoms with Crippen LogP contribution in [0.5, 0.6) is 0 Å². The quantitative estimate of drug-likeness (QED) is 0.657. The van der Waals surface area contributed by atoms with Gasteiger partial charge in [0.1, 0.15) is 0 Å². The van der Waals surface area contributed by atoms with E-state index in [1.807, 2.05) is 6.92 Å². The molecule has 0 aliphatic carbocycles. The van der Waals surface area contributed by atoms with Gasteiger partial charge in [-0.2, -0.15) is 0 Å². The van der Waals surface area contributed by atoms with Gasteiger partial charge in [0.25, 0.3) is 0 Å². The van der Waals surface area contributed by atoms with E-state index in [2.05, 4.69) is 23.1 Å². The summed E-state index contributed by atoms with van der Waals surface area (Å²) in [5.74, 6) is 0. The zero-order valence-corrected chi connectivity index (χ0v) is 6.40. The minimum Gasteiger partial charge on any atom is -0.306 e. The van der Waals surface area contributed by atoms with E-state index < -0.39 is 0 Å². The lowest BCUT2D eigenvalue weighted by molar-refractivity contribution is 1.18. The van der Waals surface area contributed by atoms with Crippen molar-refractivity contribution in [2.45, 2.75) is 6.92 Å². The fourth-order valence-electron chi connectivity index (χ4n) is 0.887. The third-order valence-corrected chi connectivity index (χ3v) is 1.39. The van der Waals surface area contributed by atoms with Crippen molar-refractivity contribution in [2.24, 2.45) is 0 Å². The Balaban J connectivity index is 3.33. The minimum atomic E-state index is -0.224. The molecule has 1 aromatic rings. The SMILES string of the molecule is C=Cc1[nH]c(=O)[nH]c1C(=C)C. The van der Waals surface area contributed by atoms with Crippen LogP contribution in [-0.4, -0.2) is 9.97 Å². The molecule has 0 aromatic carbocycles. The second-order valence-corrected chi connectivity index (χ2v) is 2.35. The van der Waals surface area contributed by atoms with Crippen molar-refractivity contribution in [1.82, 2.24) is 9.97 Å². The Kier molecular flexibility index (Phi) is 1.81. The molecule has 0 spiro atoms. The lowest BCUT2D eigenvalue weighted by atomic mass is 10.2. The first-order valence-corrected chi connectivity index (χ1v) is 3.25. The summed E-state index contributed by atoms with van der Waals surface area (Å²) in [6.45, 7) is 9.09. The molecule has 0 fully saturated rings. The van der Waals surface area contributed by atoms with E-state index in [4.69, 9.17) is 0 Å². The molecule has 0 bridgehead atoms. The Bertz CT molecular complexity index is 343. The molecule has 11 heavy (non-hydrogen) atoms. The molecule has 0 saturated carbocycles. The van der Waals surface area contributed by atoms with Crippen LogP contribution in [0.15, 0.2) is 18.0 Å². The van der Waals surface area contributed by atoms with Crippen LogP contribution in [0, 0.1) is 0 Å². The van der Waals surface area contributed by atoms with Crippen molar-refractivity contribution >= 4 is 11.6 Å². The predicted molar refractivity (Wildman–Crippen MR) is 46.2 cm³/mol. The molecule has 0 aliphatic heterocycles. The van der Waals surface area contributed by atoms with Gasteiger partial charge in [-0.3, -0.25) is 0 Å². The maximum atomic E-state index is 10.8. The summed E-state index contributed by atoms with van der Waals surface area (Å²) in [5.41, 5.74) is 2.02. The summed E-state index contributed by atoms with van der Waals surface area (Å²) in [6.07, 6.45) is 1.59. The molecule has 0 radical (unpaired) electrons. The number of aromatic amines is 2. The van der Waals surface area contributed by atoms with Gasteiger partial charge in [-0.1, -0.05) is 13.2 Å². The van der Waals surface area contributed by atoms with Gasteiger partial charge in [0.15, 0.2) is 0 Å². The van der Waals surface area contributed by atoms with Crippen molar-refractivity contribution in [3.63, 3.8) is 0 Å². The molecule has 0 atom stereocenters. The van der Waals surface area contributed by atoms with Crippen LogP contribution in [-0.2, 0) is 0 Å². The molecule has 0 amide bonds. The van der Waals surface area contributed by atoms with E-state index in [1.54, 1.807) is 6.08 Å². The lowest BCUT2D eigenvalue weighted by Gasteiger charge is -1.93. The molecule has 1 aromatic heterocycles. The number of H-pyrrole nitrogens is 2. The van der Waals surface area contributed by atoms with Crippen molar-refractivity contribution in [3.8, 4) is 0 Å². The highest BCUT2D eigenvalue weighted by atomic mass is 16.1. The first kappa shape index (κ1) is 7.60. The van der Waals surface area contributed by atoms with Crippen molar-refractivity contribution in [3.05, 3.63) is 35.0 Å². The predicted octanol–water partition coefficient (Wildman–Crippen LogP) is 1.38. The second-order valence-electron chi connectivity index (χ2n) is 2.35. The molecular weight excluding hydrogens is 140 g/mol. The fraction of sp³-hybridized carbons (Fsp3) is 0.125. The van der Waals surface area contributed by atoms with Crippen molar-refractivity contribution in [1.29, 1.82) is 0 Å². The minimum absolute atomic E-state index is 0.224. The molecule has 3 heteroatoms. The molecular formula is C8H10N2O. The van der Waals surface area contributed by atoms with Gasteiger partial charge in [-0.15, -0.1) is 0 Å². The van der Waals surface area contributed by atoms with Crippen LogP contribution in [0.1, 0.15) is 18.3 Å². The fourth-order valence-corrected chi connectivity index (χ4v) is 0.887. The van der Waals surface area contributed by atoms with Crippen LogP contribution >= 0.6 is 0 Å². The Hall–Kier alpha value is -1.51. The van der Waals surface area contributed by atoms with E-state index in [-0.39, 0.29) is 5.69 Å². The van der Waals surface area contributed by atoms with Gasteiger partial charge in [0.05, 0.1) is 11.4 Å². The summed E-state index contributed by atoms with van der Waals surface area (Å²) in [4.78, 5) is 16.0. The molecule has 3 nitrogen and oxygen atoms in total. The Labute approximate surface area is 64.5 Å². The average molecular weight is 150 g/mol. The third kappa shape index (κ3) is 1.32. The number of nitrogens with one attached hydrogen (secondary N) is 2. The summed E-state index contributed by atoms with van der Waals surface area (Å²) < 4.78 is 0. The van der Waals surface area contributed by atoms with Crippen LogP contribution in [0.2, 0.25) is 0 Å². The largest absolute Gasteiger partial charge is 0.323 e. The molecule has 0 saturated heterocycles. The lowest BCUT2D eigenvalue weighted by Crippen LogP contribution is -2.00. The second kappa shape index (κ2) is 2.62. The summed E-state index contributed by atoms with van der Waals surface area (Å²) in [6, 6.07) is 0. The van der Waals surface area contributed by atoms with Crippen LogP contribution in [0.4, 0.5) is 0 Å². The van der Waals surface area contributed by atoms with E-state index in [0.717, 1.165) is 11.3 Å². The highest BCUT2D eigenvalue weighted by Crippen LogP contribution is 2.10. The van der Waals surface area contributed by atoms with Gasteiger partial charge in [-0.05, 0) is 18.6 Å². The highest BCUT2D eigenvalue weighted by molar-refractivity contribution is 5.66. The number of hydrogen-bond acceptors (Lipinski definition) is 1. The maximum Gasteiger partial charge on any atom is 0.323 e. The van der Waals surface area contributed by atoms with Crippen molar-refractivity contribution < 1.29 is 0 Å². The number of allylic oxidation sites excluding steroid dienone is 1. The number of aromatic nitrogens is 2. The van der Waals surface area contributed by atoms with Crippen molar-refractivity contribution in [2.75, 3.05) is 0 Å². The Morgan fingerprint density at radius 2 is 2.18 bits per heavy atom. The highest BCUT2D eigenvalue weighted by Gasteiger charge is 2.02. The number of rotatable bonds is 2. The molecule has 58 valence electrons. The smallest absolute Gasteiger partial charge is 0.306 e. The number of imidazole rings is 1. The van der Waals surface area contributed by atoms with E-state index in [9.17, 15) is 4.79 Å². The Morgan fingerprint density at radius 3 is 2.55 bits per heavy atom. The number of hydrogen-bond donors (Lipinski definition) is 2.